The molecule has 0 radical (unpaired) electrons. The monoisotopic (exact) mass is 291 g/mol. The number of halogens is 1. The summed E-state index contributed by atoms with van der Waals surface area (Å²) in [5, 5.41) is 8.28. The lowest BCUT2D eigenvalue weighted by Gasteiger charge is -2.24. The first-order valence-electron chi connectivity index (χ1n) is 6.63. The van der Waals surface area contributed by atoms with E-state index in [-0.39, 0.29) is 17.7 Å². The molecule has 1 amide bonds. The Kier molecular flexibility index (Phi) is 3.69. The van der Waals surface area contributed by atoms with E-state index in [1.165, 1.54) is 6.42 Å². The van der Waals surface area contributed by atoms with Gasteiger partial charge in [-0.15, -0.1) is 10.2 Å². The molecule has 1 aromatic heterocycles. The number of rotatable bonds is 2. The third-order valence-corrected chi connectivity index (χ3v) is 3.69. The summed E-state index contributed by atoms with van der Waals surface area (Å²) >= 11 is 6.07. The molecule has 6 heteroatoms. The molecule has 1 aliphatic rings. The smallest absolute Gasteiger partial charge is 0.311 e. The highest BCUT2D eigenvalue weighted by atomic mass is 35.5. The molecule has 1 aromatic carbocycles. The molecule has 0 saturated carbocycles. The van der Waals surface area contributed by atoms with E-state index < -0.39 is 0 Å². The van der Waals surface area contributed by atoms with Gasteiger partial charge in [0.05, 0.1) is 10.6 Å². The van der Waals surface area contributed by atoms with E-state index in [1.54, 1.807) is 17.0 Å². The maximum absolute atomic E-state index is 12.2. The minimum Gasteiger partial charge on any atom is -0.412 e. The maximum atomic E-state index is 12.2. The van der Waals surface area contributed by atoms with E-state index >= 15 is 0 Å². The minimum atomic E-state index is -0.199. The van der Waals surface area contributed by atoms with Crippen LogP contribution in [0, 0.1) is 0 Å². The van der Waals surface area contributed by atoms with E-state index in [0.29, 0.717) is 10.6 Å². The van der Waals surface area contributed by atoms with Gasteiger partial charge < -0.3 is 9.32 Å². The van der Waals surface area contributed by atoms with Gasteiger partial charge in [-0.1, -0.05) is 23.7 Å². The van der Waals surface area contributed by atoms with Crippen molar-refractivity contribution in [3.05, 3.63) is 35.2 Å². The fourth-order valence-corrected chi connectivity index (χ4v) is 2.50. The zero-order valence-electron chi connectivity index (χ0n) is 10.9. The lowest BCUT2D eigenvalue weighted by molar-refractivity contribution is 0.0684. The predicted molar refractivity (Wildman–Crippen MR) is 74.5 cm³/mol. The van der Waals surface area contributed by atoms with Crippen LogP contribution < -0.4 is 0 Å². The van der Waals surface area contributed by atoms with E-state index in [1.807, 2.05) is 12.1 Å². The molecule has 0 bridgehead atoms. The fraction of sp³-hybridized carbons (Fsp3) is 0.357. The van der Waals surface area contributed by atoms with Crippen molar-refractivity contribution in [1.82, 2.24) is 15.1 Å². The van der Waals surface area contributed by atoms with Crippen LogP contribution in [-0.4, -0.2) is 34.1 Å². The first-order chi connectivity index (χ1) is 9.75. The van der Waals surface area contributed by atoms with Crippen molar-refractivity contribution in [2.24, 2.45) is 0 Å². The lowest BCUT2D eigenvalue weighted by atomic mass is 10.1. The zero-order valence-corrected chi connectivity index (χ0v) is 11.6. The summed E-state index contributed by atoms with van der Waals surface area (Å²) in [5.74, 6) is 0.105. The van der Waals surface area contributed by atoms with Gasteiger partial charge in [0, 0.05) is 13.1 Å². The van der Waals surface area contributed by atoms with Crippen LogP contribution in [-0.2, 0) is 0 Å². The largest absolute Gasteiger partial charge is 0.412 e. The van der Waals surface area contributed by atoms with Gasteiger partial charge in [-0.2, -0.15) is 0 Å². The third-order valence-electron chi connectivity index (χ3n) is 3.36. The summed E-state index contributed by atoms with van der Waals surface area (Å²) in [7, 11) is 0. The normalized spacial score (nSPS) is 15.3. The Morgan fingerprint density at radius 2 is 1.90 bits per heavy atom. The molecule has 1 aliphatic heterocycles. The van der Waals surface area contributed by atoms with E-state index in [0.717, 1.165) is 25.9 Å². The number of carbonyl (C=O) groups is 1. The Labute approximate surface area is 121 Å². The van der Waals surface area contributed by atoms with Crippen LogP contribution in [0.3, 0.4) is 0 Å². The molecule has 104 valence electrons. The second kappa shape index (κ2) is 5.63. The van der Waals surface area contributed by atoms with E-state index in [4.69, 9.17) is 16.0 Å². The molecule has 1 saturated heterocycles. The molecule has 0 unspecified atom stereocenters. The predicted octanol–water partition coefficient (Wildman–Crippen LogP) is 3.02. The second-order valence-corrected chi connectivity index (χ2v) is 5.15. The van der Waals surface area contributed by atoms with Gasteiger partial charge in [0.25, 0.3) is 0 Å². The number of benzene rings is 1. The van der Waals surface area contributed by atoms with Gasteiger partial charge in [-0.25, -0.2) is 0 Å². The van der Waals surface area contributed by atoms with E-state index in [9.17, 15) is 4.79 Å². The van der Waals surface area contributed by atoms with Crippen molar-refractivity contribution in [1.29, 1.82) is 0 Å². The van der Waals surface area contributed by atoms with Crippen molar-refractivity contribution in [3.8, 4) is 11.5 Å². The quantitative estimate of drug-likeness (QED) is 0.853. The van der Waals surface area contributed by atoms with Gasteiger partial charge in [0.1, 0.15) is 0 Å². The van der Waals surface area contributed by atoms with Crippen molar-refractivity contribution in [2.45, 2.75) is 19.3 Å². The lowest BCUT2D eigenvalue weighted by Crippen LogP contribution is -2.35. The summed E-state index contributed by atoms with van der Waals surface area (Å²) < 4.78 is 5.47. The number of carbonyl (C=O) groups excluding carboxylic acids is 1. The fourth-order valence-electron chi connectivity index (χ4n) is 2.29. The summed E-state index contributed by atoms with van der Waals surface area (Å²) in [6.45, 7) is 1.51. The Hall–Kier alpha value is -1.88. The molecule has 0 N–H and O–H groups in total. The van der Waals surface area contributed by atoms with Gasteiger partial charge >= 0.3 is 11.8 Å². The Morgan fingerprint density at radius 3 is 2.65 bits per heavy atom. The van der Waals surface area contributed by atoms with E-state index in [2.05, 4.69) is 10.2 Å². The van der Waals surface area contributed by atoms with Crippen LogP contribution in [0.4, 0.5) is 0 Å². The molecule has 2 aromatic rings. The average molecular weight is 292 g/mol. The third kappa shape index (κ3) is 2.54. The Morgan fingerprint density at radius 1 is 1.15 bits per heavy atom. The highest BCUT2D eigenvalue weighted by molar-refractivity contribution is 6.33. The number of amides is 1. The SMILES string of the molecule is O=C(c1nnc(-c2ccccc2Cl)o1)N1CCCCC1. The van der Waals surface area contributed by atoms with Gasteiger partial charge in [0.15, 0.2) is 0 Å². The number of likely N-dealkylation sites (tertiary alicyclic amines) is 1. The molecule has 1 fully saturated rings. The maximum Gasteiger partial charge on any atom is 0.311 e. The van der Waals surface area contributed by atoms with Crippen LogP contribution in [0.5, 0.6) is 0 Å². The highest BCUT2D eigenvalue weighted by Crippen LogP contribution is 2.26. The van der Waals surface area contributed by atoms with Crippen molar-refractivity contribution in [2.75, 3.05) is 13.1 Å². The summed E-state index contributed by atoms with van der Waals surface area (Å²) in [6.07, 6.45) is 3.22. The van der Waals surface area contributed by atoms with Gasteiger partial charge in [0.2, 0.25) is 5.89 Å². The van der Waals surface area contributed by atoms with Gasteiger partial charge in [-0.3, -0.25) is 4.79 Å². The van der Waals surface area contributed by atoms with Crippen LogP contribution in [0.2, 0.25) is 5.02 Å². The average Bonchev–Trinajstić information content (AvgIpc) is 2.97. The Bertz CT molecular complexity index is 620. The topological polar surface area (TPSA) is 59.2 Å². The van der Waals surface area contributed by atoms with Gasteiger partial charge in [-0.05, 0) is 31.4 Å². The number of hydrogen-bond acceptors (Lipinski definition) is 4. The molecule has 3 rings (SSSR count). The molecule has 20 heavy (non-hydrogen) atoms. The van der Waals surface area contributed by atoms with Crippen molar-refractivity contribution >= 4 is 17.5 Å². The summed E-state index contributed by atoms with van der Waals surface area (Å²) in [6, 6.07) is 7.18. The molecule has 2 heterocycles. The number of piperidine rings is 1. The van der Waals surface area contributed by atoms with Crippen molar-refractivity contribution < 1.29 is 9.21 Å². The first kappa shape index (κ1) is 13.1. The van der Waals surface area contributed by atoms with Crippen molar-refractivity contribution in [3.63, 3.8) is 0 Å². The number of hydrogen-bond donors (Lipinski definition) is 0. The molecule has 5 nitrogen and oxygen atoms in total. The highest BCUT2D eigenvalue weighted by Gasteiger charge is 2.24. The molecule has 0 aliphatic carbocycles. The number of aromatic nitrogens is 2. The molecular weight excluding hydrogens is 278 g/mol. The van der Waals surface area contributed by atoms with Crippen LogP contribution in [0.1, 0.15) is 29.9 Å². The minimum absolute atomic E-state index is 0.0295. The molecule has 0 spiro atoms. The second-order valence-electron chi connectivity index (χ2n) is 4.75. The van der Waals surface area contributed by atoms with Crippen LogP contribution >= 0.6 is 11.6 Å². The summed E-state index contributed by atoms with van der Waals surface area (Å²) in [4.78, 5) is 14.0. The summed E-state index contributed by atoms with van der Waals surface area (Å²) in [5.41, 5.74) is 0.638. The van der Waals surface area contributed by atoms with Crippen LogP contribution in [0.15, 0.2) is 28.7 Å². The first-order valence-corrected chi connectivity index (χ1v) is 7.01. The number of nitrogens with zero attached hydrogens (tertiary/aromatic N) is 3. The van der Waals surface area contributed by atoms with Crippen LogP contribution in [0.25, 0.3) is 11.5 Å². The molecule has 0 atom stereocenters. The standard InChI is InChI=1S/C14H14ClN3O2/c15-11-7-3-2-6-10(11)12-16-17-13(20-12)14(19)18-8-4-1-5-9-18/h2-3,6-7H,1,4-5,8-9H2. The zero-order chi connectivity index (χ0) is 13.9. The molecular formula is C14H14ClN3O2. The Balaban J connectivity index is 1.83.